The molecule has 0 unspecified atom stereocenters. The summed E-state index contributed by atoms with van der Waals surface area (Å²) in [4.78, 5) is 45.0. The Bertz CT molecular complexity index is 1010. The SMILES string of the molecule is CNC(=O)c1ccccc1N1C(=O)N(CC2=CC(=O)CC=N2)CC2=C1NCC=C2. The summed E-state index contributed by atoms with van der Waals surface area (Å²) in [5.41, 5.74) is 2.37. The first-order valence-corrected chi connectivity index (χ1v) is 9.38. The van der Waals surface area contributed by atoms with Gasteiger partial charge in [-0.05, 0) is 12.1 Å². The topological polar surface area (TPSA) is 94.1 Å². The van der Waals surface area contributed by atoms with Crippen LogP contribution in [0.3, 0.4) is 0 Å². The predicted molar refractivity (Wildman–Crippen MR) is 110 cm³/mol. The number of amides is 3. The van der Waals surface area contributed by atoms with Crippen molar-refractivity contribution in [1.29, 1.82) is 0 Å². The van der Waals surface area contributed by atoms with Crippen LogP contribution in [-0.2, 0) is 4.79 Å². The maximum Gasteiger partial charge on any atom is 0.330 e. The molecule has 0 bridgehead atoms. The van der Waals surface area contributed by atoms with Gasteiger partial charge in [-0.25, -0.2) is 9.69 Å². The molecule has 0 saturated carbocycles. The Labute approximate surface area is 168 Å². The minimum Gasteiger partial charge on any atom is -0.367 e. The Morgan fingerprint density at radius 1 is 1.28 bits per heavy atom. The van der Waals surface area contributed by atoms with Crippen molar-refractivity contribution in [2.45, 2.75) is 6.42 Å². The molecule has 1 aromatic carbocycles. The number of allylic oxidation sites excluding steroid dienone is 1. The van der Waals surface area contributed by atoms with Gasteiger partial charge in [-0.3, -0.25) is 14.6 Å². The lowest BCUT2D eigenvalue weighted by Crippen LogP contribution is -2.53. The van der Waals surface area contributed by atoms with Crippen LogP contribution in [0.2, 0.25) is 0 Å². The number of aliphatic imine (C=N–C) groups is 1. The van der Waals surface area contributed by atoms with E-state index in [1.807, 2.05) is 12.2 Å². The van der Waals surface area contributed by atoms with E-state index >= 15 is 0 Å². The van der Waals surface area contributed by atoms with E-state index in [9.17, 15) is 14.4 Å². The molecule has 3 aliphatic rings. The minimum absolute atomic E-state index is 0.0274. The summed E-state index contributed by atoms with van der Waals surface area (Å²) in [6.45, 7) is 1.19. The van der Waals surface area contributed by atoms with Crippen LogP contribution in [0, 0.1) is 0 Å². The summed E-state index contributed by atoms with van der Waals surface area (Å²) in [6.07, 6.45) is 7.29. The second-order valence-electron chi connectivity index (χ2n) is 6.85. The fraction of sp³-hybridized carbons (Fsp3) is 0.238. The van der Waals surface area contributed by atoms with Crippen LogP contribution in [0.1, 0.15) is 16.8 Å². The quantitative estimate of drug-likeness (QED) is 0.815. The highest BCUT2D eigenvalue weighted by molar-refractivity contribution is 6.06. The molecule has 0 aromatic heterocycles. The van der Waals surface area contributed by atoms with Gasteiger partial charge in [0, 0.05) is 37.9 Å². The molecule has 4 rings (SSSR count). The van der Waals surface area contributed by atoms with Crippen molar-refractivity contribution >= 4 is 29.6 Å². The Morgan fingerprint density at radius 2 is 2.10 bits per heavy atom. The number of hydrogen-bond donors (Lipinski definition) is 2. The second-order valence-corrected chi connectivity index (χ2v) is 6.85. The third-order valence-electron chi connectivity index (χ3n) is 4.90. The number of ketones is 1. The van der Waals surface area contributed by atoms with Crippen molar-refractivity contribution in [2.24, 2.45) is 4.99 Å². The van der Waals surface area contributed by atoms with E-state index in [4.69, 9.17) is 0 Å². The average molecular weight is 391 g/mol. The highest BCUT2D eigenvalue weighted by Gasteiger charge is 2.35. The van der Waals surface area contributed by atoms with Gasteiger partial charge in [0.15, 0.2) is 5.78 Å². The molecule has 3 heterocycles. The van der Waals surface area contributed by atoms with Crippen LogP contribution in [0.5, 0.6) is 0 Å². The number of nitrogens with one attached hydrogen (secondary N) is 2. The summed E-state index contributed by atoms with van der Waals surface area (Å²) in [7, 11) is 1.56. The van der Waals surface area contributed by atoms with Crippen molar-refractivity contribution in [3.63, 3.8) is 0 Å². The van der Waals surface area contributed by atoms with Crippen LogP contribution in [0.25, 0.3) is 0 Å². The van der Waals surface area contributed by atoms with Gasteiger partial charge in [0.1, 0.15) is 5.82 Å². The van der Waals surface area contributed by atoms with E-state index < -0.39 is 0 Å². The lowest BCUT2D eigenvalue weighted by Gasteiger charge is -2.40. The molecule has 8 heteroatoms. The number of urea groups is 1. The van der Waals surface area contributed by atoms with Gasteiger partial charge in [0.05, 0.1) is 30.0 Å². The lowest BCUT2D eigenvalue weighted by molar-refractivity contribution is -0.113. The standard InChI is InChI=1S/C21H21N5O3/c1-22-20(28)17-6-2-3-7-18(17)26-19-14(5-4-9-24-19)12-25(21(26)29)13-15-11-16(27)8-10-23-15/h2-7,10-11,24H,8-9,12-13H2,1H3,(H,22,28). The number of carbonyl (C=O) groups excluding carboxylic acids is 3. The van der Waals surface area contributed by atoms with E-state index in [2.05, 4.69) is 15.6 Å². The van der Waals surface area contributed by atoms with Crippen molar-refractivity contribution < 1.29 is 14.4 Å². The van der Waals surface area contributed by atoms with Crippen molar-refractivity contribution in [1.82, 2.24) is 15.5 Å². The number of hydrogen-bond acceptors (Lipinski definition) is 5. The number of anilines is 1. The van der Waals surface area contributed by atoms with E-state index in [-0.39, 0.29) is 30.7 Å². The fourth-order valence-corrected chi connectivity index (χ4v) is 3.57. The van der Waals surface area contributed by atoms with Gasteiger partial charge in [0.2, 0.25) is 0 Å². The molecule has 3 amide bonds. The summed E-state index contributed by atoms with van der Waals surface area (Å²) in [5, 5.41) is 5.88. The Balaban J connectivity index is 1.75. The number of dihydropyridines is 1. The molecular weight excluding hydrogens is 370 g/mol. The first-order chi connectivity index (χ1) is 14.1. The molecule has 0 aliphatic carbocycles. The molecule has 3 aliphatic heterocycles. The minimum atomic E-state index is -0.281. The third kappa shape index (κ3) is 3.56. The molecule has 0 saturated heterocycles. The van der Waals surface area contributed by atoms with Crippen molar-refractivity contribution in [3.8, 4) is 0 Å². The summed E-state index contributed by atoms with van der Waals surface area (Å²) in [5.74, 6) is 0.368. The lowest BCUT2D eigenvalue weighted by atomic mass is 10.1. The maximum absolute atomic E-state index is 13.5. The number of para-hydroxylation sites is 1. The van der Waals surface area contributed by atoms with Gasteiger partial charge >= 0.3 is 6.03 Å². The number of benzene rings is 1. The Hall–Kier alpha value is -3.68. The molecule has 0 fully saturated rings. The molecule has 2 N–H and O–H groups in total. The van der Waals surface area contributed by atoms with E-state index in [0.717, 1.165) is 5.57 Å². The zero-order valence-corrected chi connectivity index (χ0v) is 16.0. The summed E-state index contributed by atoms with van der Waals surface area (Å²) in [6, 6.07) is 6.71. The molecule has 8 nitrogen and oxygen atoms in total. The summed E-state index contributed by atoms with van der Waals surface area (Å²) >= 11 is 0. The highest BCUT2D eigenvalue weighted by atomic mass is 16.2. The van der Waals surface area contributed by atoms with Crippen molar-refractivity contribution in [2.75, 3.05) is 31.6 Å². The zero-order valence-electron chi connectivity index (χ0n) is 16.0. The van der Waals surface area contributed by atoms with Gasteiger partial charge in [-0.1, -0.05) is 24.3 Å². The molecular formula is C21H21N5O3. The monoisotopic (exact) mass is 391 g/mol. The predicted octanol–water partition coefficient (Wildman–Crippen LogP) is 1.59. The van der Waals surface area contributed by atoms with E-state index in [1.165, 1.54) is 11.0 Å². The van der Waals surface area contributed by atoms with E-state index in [0.29, 0.717) is 35.9 Å². The Kier molecular flexibility index (Phi) is 4.99. The normalized spacial score (nSPS) is 18.4. The molecule has 148 valence electrons. The van der Waals surface area contributed by atoms with E-state index in [1.54, 1.807) is 42.4 Å². The first kappa shape index (κ1) is 18.7. The zero-order chi connectivity index (χ0) is 20.4. The van der Waals surface area contributed by atoms with Crippen LogP contribution in [0.4, 0.5) is 10.5 Å². The molecule has 0 atom stereocenters. The number of nitrogens with zero attached hydrogens (tertiary/aromatic N) is 3. The van der Waals surface area contributed by atoms with Gasteiger partial charge in [-0.2, -0.15) is 0 Å². The molecule has 0 radical (unpaired) electrons. The van der Waals surface area contributed by atoms with Gasteiger partial charge in [0.25, 0.3) is 5.91 Å². The molecule has 1 aromatic rings. The van der Waals surface area contributed by atoms with Gasteiger partial charge < -0.3 is 15.5 Å². The largest absolute Gasteiger partial charge is 0.367 e. The smallest absolute Gasteiger partial charge is 0.330 e. The Morgan fingerprint density at radius 3 is 2.90 bits per heavy atom. The highest BCUT2D eigenvalue weighted by Crippen LogP contribution is 2.31. The number of rotatable bonds is 4. The second kappa shape index (κ2) is 7.75. The van der Waals surface area contributed by atoms with Crippen molar-refractivity contribution in [3.05, 3.63) is 65.1 Å². The average Bonchev–Trinajstić information content (AvgIpc) is 2.74. The molecule has 29 heavy (non-hydrogen) atoms. The summed E-state index contributed by atoms with van der Waals surface area (Å²) < 4.78 is 0. The fourth-order valence-electron chi connectivity index (χ4n) is 3.57. The van der Waals surface area contributed by atoms with Crippen LogP contribution in [0.15, 0.2) is 64.6 Å². The third-order valence-corrected chi connectivity index (χ3v) is 4.90. The van der Waals surface area contributed by atoms with Crippen LogP contribution < -0.4 is 15.5 Å². The molecule has 0 spiro atoms. The van der Waals surface area contributed by atoms with Gasteiger partial charge in [-0.15, -0.1) is 0 Å². The first-order valence-electron chi connectivity index (χ1n) is 9.38. The maximum atomic E-state index is 13.5. The van der Waals surface area contributed by atoms with Crippen LogP contribution >= 0.6 is 0 Å². The number of carbonyl (C=O) groups is 3. The van der Waals surface area contributed by atoms with Crippen LogP contribution in [-0.4, -0.2) is 55.5 Å².